The zero-order valence-electron chi connectivity index (χ0n) is 12.4. The van der Waals surface area contributed by atoms with Crippen LogP contribution >= 0.6 is 0 Å². The summed E-state index contributed by atoms with van der Waals surface area (Å²) in [5.74, 6) is 0. The van der Waals surface area contributed by atoms with Gasteiger partial charge in [-0.25, -0.2) is 4.79 Å². The summed E-state index contributed by atoms with van der Waals surface area (Å²) in [5.41, 5.74) is 3.68. The Morgan fingerprint density at radius 1 is 1.20 bits per heavy atom. The number of hydrogen-bond donors (Lipinski definition) is 1. The highest BCUT2D eigenvalue weighted by Crippen LogP contribution is 2.32. The smallest absolute Gasteiger partial charge is 0.321 e. The number of nitrogens with zero attached hydrogens (tertiary/aromatic N) is 2. The maximum Gasteiger partial charge on any atom is 0.321 e. The van der Waals surface area contributed by atoms with E-state index in [0.29, 0.717) is 0 Å². The molecule has 3 rings (SSSR count). The number of benzene rings is 1. The SMILES string of the molecule is CN(C)C(=O)Nc1ccc2c(c1)CN(C1CCCC1)C2. The molecule has 1 aliphatic carbocycles. The van der Waals surface area contributed by atoms with E-state index >= 15 is 0 Å². The Labute approximate surface area is 120 Å². The van der Waals surface area contributed by atoms with Gasteiger partial charge in [-0.15, -0.1) is 0 Å². The van der Waals surface area contributed by atoms with Crippen molar-refractivity contribution in [2.75, 3.05) is 19.4 Å². The molecule has 1 fully saturated rings. The third-order valence-corrected chi connectivity index (χ3v) is 4.45. The molecule has 1 aromatic rings. The van der Waals surface area contributed by atoms with Crippen molar-refractivity contribution in [3.63, 3.8) is 0 Å². The molecule has 1 saturated carbocycles. The Hall–Kier alpha value is -1.55. The van der Waals surface area contributed by atoms with Gasteiger partial charge in [0, 0.05) is 38.9 Å². The zero-order chi connectivity index (χ0) is 14.1. The maximum atomic E-state index is 11.7. The van der Waals surface area contributed by atoms with Crippen molar-refractivity contribution in [2.45, 2.75) is 44.8 Å². The van der Waals surface area contributed by atoms with Gasteiger partial charge in [0.15, 0.2) is 0 Å². The molecule has 108 valence electrons. The average Bonchev–Trinajstić information content (AvgIpc) is 3.06. The number of nitrogens with one attached hydrogen (secondary N) is 1. The van der Waals surface area contributed by atoms with Crippen LogP contribution in [0.1, 0.15) is 36.8 Å². The summed E-state index contributed by atoms with van der Waals surface area (Å²) in [5, 5.41) is 2.92. The maximum absolute atomic E-state index is 11.7. The Balaban J connectivity index is 1.69. The van der Waals surface area contributed by atoms with Crippen LogP contribution < -0.4 is 5.32 Å². The van der Waals surface area contributed by atoms with Gasteiger partial charge in [0.05, 0.1) is 0 Å². The molecular formula is C16H23N3O. The lowest BCUT2D eigenvalue weighted by atomic mass is 10.1. The van der Waals surface area contributed by atoms with Crippen LogP contribution in [-0.2, 0) is 13.1 Å². The number of anilines is 1. The second kappa shape index (κ2) is 5.44. The fourth-order valence-corrected chi connectivity index (χ4v) is 3.26. The number of fused-ring (bicyclic) bond motifs is 1. The summed E-state index contributed by atoms with van der Waals surface area (Å²) >= 11 is 0. The van der Waals surface area contributed by atoms with E-state index in [9.17, 15) is 4.79 Å². The third kappa shape index (κ3) is 2.66. The highest BCUT2D eigenvalue weighted by atomic mass is 16.2. The molecule has 2 aliphatic rings. The molecule has 0 aromatic heterocycles. The third-order valence-electron chi connectivity index (χ3n) is 4.45. The quantitative estimate of drug-likeness (QED) is 0.899. The van der Waals surface area contributed by atoms with Gasteiger partial charge in [-0.1, -0.05) is 18.9 Å². The molecule has 20 heavy (non-hydrogen) atoms. The lowest BCUT2D eigenvalue weighted by molar-refractivity contribution is 0.202. The summed E-state index contributed by atoms with van der Waals surface area (Å²) in [7, 11) is 3.51. The van der Waals surface area contributed by atoms with E-state index in [-0.39, 0.29) is 6.03 Å². The second-order valence-electron chi connectivity index (χ2n) is 6.15. The van der Waals surface area contributed by atoms with Gasteiger partial charge in [0.1, 0.15) is 0 Å². The molecule has 4 nitrogen and oxygen atoms in total. The predicted octanol–water partition coefficient (Wildman–Crippen LogP) is 3.04. The van der Waals surface area contributed by atoms with Crippen LogP contribution in [0.15, 0.2) is 18.2 Å². The molecule has 0 atom stereocenters. The molecule has 0 radical (unpaired) electrons. The van der Waals surface area contributed by atoms with Crippen LogP contribution in [0.25, 0.3) is 0 Å². The van der Waals surface area contributed by atoms with Crippen LogP contribution in [0.4, 0.5) is 10.5 Å². The molecule has 1 aliphatic heterocycles. The van der Waals surface area contributed by atoms with Gasteiger partial charge in [0.25, 0.3) is 0 Å². The van der Waals surface area contributed by atoms with Gasteiger partial charge < -0.3 is 10.2 Å². The van der Waals surface area contributed by atoms with Crippen molar-refractivity contribution in [2.24, 2.45) is 0 Å². The topological polar surface area (TPSA) is 35.6 Å². The first-order chi connectivity index (χ1) is 9.63. The Morgan fingerprint density at radius 3 is 2.60 bits per heavy atom. The van der Waals surface area contributed by atoms with E-state index in [1.165, 1.54) is 36.8 Å². The highest BCUT2D eigenvalue weighted by Gasteiger charge is 2.28. The summed E-state index contributed by atoms with van der Waals surface area (Å²) in [6.07, 6.45) is 5.44. The molecule has 1 N–H and O–H groups in total. The number of rotatable bonds is 2. The van der Waals surface area contributed by atoms with Crippen LogP contribution in [0.3, 0.4) is 0 Å². The molecule has 0 bridgehead atoms. The summed E-state index contributed by atoms with van der Waals surface area (Å²) in [6, 6.07) is 7.00. The standard InChI is InChI=1S/C16H23N3O/c1-18(2)16(20)17-14-8-7-12-10-19(11-13(12)9-14)15-5-3-4-6-15/h7-9,15H,3-6,10-11H2,1-2H3,(H,17,20). The first-order valence-electron chi connectivity index (χ1n) is 7.47. The van der Waals surface area contributed by atoms with E-state index in [2.05, 4.69) is 22.3 Å². The Bertz CT molecular complexity index is 506. The lowest BCUT2D eigenvalue weighted by Gasteiger charge is -2.22. The molecule has 1 heterocycles. The number of urea groups is 1. The van der Waals surface area contributed by atoms with E-state index in [1.54, 1.807) is 19.0 Å². The fraction of sp³-hybridized carbons (Fsp3) is 0.562. The molecular weight excluding hydrogens is 250 g/mol. The molecule has 0 saturated heterocycles. The summed E-state index contributed by atoms with van der Waals surface area (Å²) < 4.78 is 0. The Morgan fingerprint density at radius 2 is 1.90 bits per heavy atom. The normalized spacial score (nSPS) is 19.1. The van der Waals surface area contributed by atoms with Gasteiger partial charge in [-0.05, 0) is 36.1 Å². The predicted molar refractivity (Wildman–Crippen MR) is 80.7 cm³/mol. The minimum atomic E-state index is -0.0735. The monoisotopic (exact) mass is 273 g/mol. The van der Waals surface area contributed by atoms with Gasteiger partial charge in [0.2, 0.25) is 0 Å². The first kappa shape index (κ1) is 13.4. The molecule has 0 spiro atoms. The zero-order valence-corrected chi connectivity index (χ0v) is 12.4. The first-order valence-corrected chi connectivity index (χ1v) is 7.47. The van der Waals surface area contributed by atoms with Gasteiger partial charge in [-0.3, -0.25) is 4.90 Å². The minimum Gasteiger partial charge on any atom is -0.331 e. The average molecular weight is 273 g/mol. The summed E-state index contributed by atoms with van der Waals surface area (Å²) in [4.78, 5) is 15.8. The highest BCUT2D eigenvalue weighted by molar-refractivity contribution is 5.89. The minimum absolute atomic E-state index is 0.0735. The van der Waals surface area contributed by atoms with E-state index in [0.717, 1.165) is 24.8 Å². The van der Waals surface area contributed by atoms with Crippen molar-refractivity contribution >= 4 is 11.7 Å². The van der Waals surface area contributed by atoms with Crippen molar-refractivity contribution in [1.82, 2.24) is 9.80 Å². The number of carbonyl (C=O) groups excluding carboxylic acids is 1. The number of hydrogen-bond acceptors (Lipinski definition) is 2. The van der Waals surface area contributed by atoms with Gasteiger partial charge in [-0.2, -0.15) is 0 Å². The van der Waals surface area contributed by atoms with Crippen LogP contribution in [0.2, 0.25) is 0 Å². The molecule has 2 amide bonds. The van der Waals surface area contributed by atoms with Crippen LogP contribution in [0.5, 0.6) is 0 Å². The summed E-state index contributed by atoms with van der Waals surface area (Å²) in [6.45, 7) is 2.10. The van der Waals surface area contributed by atoms with Gasteiger partial charge >= 0.3 is 6.03 Å². The number of amides is 2. The van der Waals surface area contributed by atoms with Crippen molar-refractivity contribution < 1.29 is 4.79 Å². The fourth-order valence-electron chi connectivity index (χ4n) is 3.26. The molecule has 0 unspecified atom stereocenters. The lowest BCUT2D eigenvalue weighted by Crippen LogP contribution is -2.27. The Kier molecular flexibility index (Phi) is 3.66. The van der Waals surface area contributed by atoms with E-state index < -0.39 is 0 Å². The number of carbonyl (C=O) groups is 1. The molecule has 1 aromatic carbocycles. The van der Waals surface area contributed by atoms with E-state index in [1.807, 2.05) is 6.07 Å². The molecule has 4 heteroatoms. The van der Waals surface area contributed by atoms with Crippen molar-refractivity contribution in [3.05, 3.63) is 29.3 Å². The van der Waals surface area contributed by atoms with Crippen LogP contribution in [-0.4, -0.2) is 36.0 Å². The van der Waals surface area contributed by atoms with Crippen molar-refractivity contribution in [3.8, 4) is 0 Å². The van der Waals surface area contributed by atoms with Crippen LogP contribution in [0, 0.1) is 0 Å². The second-order valence-corrected chi connectivity index (χ2v) is 6.15. The van der Waals surface area contributed by atoms with E-state index in [4.69, 9.17) is 0 Å². The van der Waals surface area contributed by atoms with Crippen molar-refractivity contribution in [1.29, 1.82) is 0 Å². The largest absolute Gasteiger partial charge is 0.331 e.